The van der Waals surface area contributed by atoms with E-state index >= 15 is 0 Å². The van der Waals surface area contributed by atoms with E-state index in [0.29, 0.717) is 5.75 Å². The highest BCUT2D eigenvalue weighted by atomic mass is 32.1. The van der Waals surface area contributed by atoms with E-state index in [1.54, 1.807) is 30.3 Å². The fourth-order valence-electron chi connectivity index (χ4n) is 1.21. The molecule has 4 nitrogen and oxygen atoms in total. The van der Waals surface area contributed by atoms with Gasteiger partial charge in [0.25, 0.3) is 0 Å². The summed E-state index contributed by atoms with van der Waals surface area (Å²) in [5.41, 5.74) is 0. The minimum absolute atomic E-state index is 0.102. The van der Waals surface area contributed by atoms with Gasteiger partial charge >= 0.3 is 5.97 Å². The molecule has 2 rings (SSSR count). The molecular weight excluding hydrogens is 238 g/mol. The number of carbonyl (C=O) groups is 1. The van der Waals surface area contributed by atoms with Gasteiger partial charge in [-0.1, -0.05) is 18.2 Å². The topological polar surface area (TPSA) is 70.3 Å². The summed E-state index contributed by atoms with van der Waals surface area (Å²) in [7, 11) is 0. The molecule has 0 unspecified atom stereocenters. The molecule has 0 atom stereocenters. The fourth-order valence-corrected chi connectivity index (χ4v) is 1.93. The van der Waals surface area contributed by atoms with E-state index in [9.17, 15) is 9.90 Å². The van der Waals surface area contributed by atoms with E-state index in [-0.39, 0.29) is 15.5 Å². The van der Waals surface area contributed by atoms with Crippen LogP contribution in [0.4, 0.5) is 0 Å². The Labute approximate surface area is 101 Å². The summed E-state index contributed by atoms with van der Waals surface area (Å²) < 4.78 is 5.06. The van der Waals surface area contributed by atoms with Crippen LogP contribution >= 0.6 is 11.3 Å². The van der Waals surface area contributed by atoms with Gasteiger partial charge in [-0.3, -0.25) is 0 Å². The predicted molar refractivity (Wildman–Crippen MR) is 62.1 cm³/mol. The van der Waals surface area contributed by atoms with Crippen LogP contribution < -0.4 is 4.74 Å². The van der Waals surface area contributed by atoms with Crippen LogP contribution in [-0.2, 0) is 0 Å². The number of para-hydroxylation sites is 1. The van der Waals surface area contributed by atoms with Crippen LogP contribution in [0, 0.1) is 11.3 Å². The minimum Gasteiger partial charge on any atom is -0.506 e. The lowest BCUT2D eigenvalue weighted by molar-refractivity contribution is 0.0739. The number of rotatable bonds is 2. The molecule has 0 radical (unpaired) electrons. The number of ether oxygens (including phenoxy) is 1. The first-order chi connectivity index (χ1) is 8.20. The van der Waals surface area contributed by atoms with Crippen molar-refractivity contribution in [3.8, 4) is 17.6 Å². The van der Waals surface area contributed by atoms with Crippen LogP contribution in [0.1, 0.15) is 14.5 Å². The lowest BCUT2D eigenvalue weighted by atomic mass is 10.3. The van der Waals surface area contributed by atoms with Crippen LogP contribution in [0.15, 0.2) is 36.4 Å². The second-order valence-electron chi connectivity index (χ2n) is 3.14. The highest BCUT2D eigenvalue weighted by Crippen LogP contribution is 2.28. The van der Waals surface area contributed by atoms with Crippen LogP contribution in [0.3, 0.4) is 0 Å². The zero-order valence-corrected chi connectivity index (χ0v) is 9.40. The Morgan fingerprint density at radius 3 is 2.65 bits per heavy atom. The summed E-state index contributed by atoms with van der Waals surface area (Å²) in [6.45, 7) is 0. The Bertz CT molecular complexity index is 584. The van der Waals surface area contributed by atoms with Gasteiger partial charge < -0.3 is 9.84 Å². The lowest BCUT2D eigenvalue weighted by Crippen LogP contribution is -2.05. The zero-order chi connectivity index (χ0) is 12.3. The quantitative estimate of drug-likeness (QED) is 0.652. The maximum Gasteiger partial charge on any atom is 0.353 e. The number of hydrogen-bond acceptors (Lipinski definition) is 5. The number of hydrogen-bond donors (Lipinski definition) is 1. The van der Waals surface area contributed by atoms with Gasteiger partial charge in [0.2, 0.25) is 0 Å². The van der Waals surface area contributed by atoms with Crippen molar-refractivity contribution in [2.45, 2.75) is 0 Å². The smallest absolute Gasteiger partial charge is 0.353 e. The van der Waals surface area contributed by atoms with Gasteiger partial charge in [-0.15, -0.1) is 11.3 Å². The summed E-state index contributed by atoms with van der Waals surface area (Å²) in [6.07, 6.45) is 0. The van der Waals surface area contributed by atoms with Gasteiger partial charge in [-0.25, -0.2) is 4.79 Å². The van der Waals surface area contributed by atoms with Crippen molar-refractivity contribution in [3.63, 3.8) is 0 Å². The minimum atomic E-state index is -0.585. The number of benzene rings is 1. The third-order valence-corrected chi connectivity index (χ3v) is 2.98. The molecule has 0 fully saturated rings. The van der Waals surface area contributed by atoms with Crippen molar-refractivity contribution in [2.24, 2.45) is 0 Å². The van der Waals surface area contributed by atoms with Crippen LogP contribution in [-0.4, -0.2) is 11.1 Å². The molecule has 1 heterocycles. The van der Waals surface area contributed by atoms with Gasteiger partial charge in [-0.05, 0) is 12.1 Å². The Hall–Kier alpha value is -2.32. The maximum absolute atomic E-state index is 11.7. The number of nitrogens with zero attached hydrogens (tertiary/aromatic N) is 1. The van der Waals surface area contributed by atoms with E-state index < -0.39 is 5.97 Å². The summed E-state index contributed by atoms with van der Waals surface area (Å²) >= 11 is 0.901. The first-order valence-corrected chi connectivity index (χ1v) is 5.52. The van der Waals surface area contributed by atoms with Crippen LogP contribution in [0.5, 0.6) is 11.5 Å². The van der Waals surface area contributed by atoms with Gasteiger partial charge in [0.1, 0.15) is 27.3 Å². The monoisotopic (exact) mass is 245 g/mol. The van der Waals surface area contributed by atoms with Crippen molar-refractivity contribution < 1.29 is 14.6 Å². The summed E-state index contributed by atoms with van der Waals surface area (Å²) in [5, 5.41) is 18.0. The second kappa shape index (κ2) is 4.68. The largest absolute Gasteiger partial charge is 0.506 e. The molecule has 0 saturated heterocycles. The molecule has 1 aromatic carbocycles. The van der Waals surface area contributed by atoms with Gasteiger partial charge in [0.05, 0.1) is 0 Å². The Morgan fingerprint density at radius 1 is 1.35 bits per heavy atom. The molecule has 17 heavy (non-hydrogen) atoms. The molecular formula is C12H7NO3S. The molecule has 0 amide bonds. The summed E-state index contributed by atoms with van der Waals surface area (Å²) in [6, 6.07) is 11.6. The fraction of sp³-hybridized carbons (Fsp3) is 0. The average molecular weight is 245 g/mol. The third-order valence-electron chi connectivity index (χ3n) is 1.97. The van der Waals surface area contributed by atoms with E-state index in [1.165, 1.54) is 6.07 Å². The standard InChI is InChI=1S/C12H7NO3S/c13-7-11-9(14)6-10(17-11)12(15)16-8-4-2-1-3-5-8/h1-6,14H. The SMILES string of the molecule is N#Cc1sc(C(=O)Oc2ccccc2)cc1O. The van der Waals surface area contributed by atoms with Gasteiger partial charge in [0.15, 0.2) is 0 Å². The zero-order valence-electron chi connectivity index (χ0n) is 8.58. The number of thiophene rings is 1. The molecule has 84 valence electrons. The van der Waals surface area contributed by atoms with E-state index in [4.69, 9.17) is 10.00 Å². The Morgan fingerprint density at radius 2 is 2.06 bits per heavy atom. The molecule has 0 aliphatic carbocycles. The summed E-state index contributed by atoms with van der Waals surface area (Å²) in [5.74, 6) is -0.362. The van der Waals surface area contributed by atoms with Gasteiger partial charge in [0, 0.05) is 6.07 Å². The Kier molecular flexibility index (Phi) is 3.08. The lowest BCUT2D eigenvalue weighted by Gasteiger charge is -2.00. The normalized spacial score (nSPS) is 9.59. The predicted octanol–water partition coefficient (Wildman–Crippen LogP) is 2.54. The molecule has 0 aliphatic rings. The highest BCUT2D eigenvalue weighted by Gasteiger charge is 2.15. The number of carbonyl (C=O) groups excluding carboxylic acids is 1. The molecule has 0 aliphatic heterocycles. The van der Waals surface area contributed by atoms with Crippen molar-refractivity contribution >= 4 is 17.3 Å². The van der Waals surface area contributed by atoms with Crippen molar-refractivity contribution in [1.29, 1.82) is 5.26 Å². The molecule has 1 N–H and O–H groups in total. The van der Waals surface area contributed by atoms with Gasteiger partial charge in [-0.2, -0.15) is 5.26 Å². The average Bonchev–Trinajstić information content (AvgIpc) is 2.72. The maximum atomic E-state index is 11.7. The Balaban J connectivity index is 2.18. The van der Waals surface area contributed by atoms with E-state index in [2.05, 4.69) is 0 Å². The first-order valence-electron chi connectivity index (χ1n) is 4.71. The second-order valence-corrected chi connectivity index (χ2v) is 4.19. The molecule has 0 bridgehead atoms. The molecule has 1 aromatic heterocycles. The molecule has 0 saturated carbocycles. The van der Waals surface area contributed by atoms with Crippen LogP contribution in [0.25, 0.3) is 0 Å². The third kappa shape index (κ3) is 2.44. The number of esters is 1. The van der Waals surface area contributed by atoms with Crippen LogP contribution in [0.2, 0.25) is 0 Å². The number of nitriles is 1. The van der Waals surface area contributed by atoms with Crippen molar-refractivity contribution in [1.82, 2.24) is 0 Å². The van der Waals surface area contributed by atoms with Crippen molar-refractivity contribution in [2.75, 3.05) is 0 Å². The van der Waals surface area contributed by atoms with E-state index in [1.807, 2.05) is 6.07 Å². The summed E-state index contributed by atoms with van der Waals surface area (Å²) in [4.78, 5) is 12.0. The highest BCUT2D eigenvalue weighted by molar-refractivity contribution is 7.14. The molecule has 2 aromatic rings. The van der Waals surface area contributed by atoms with E-state index in [0.717, 1.165) is 11.3 Å². The first kappa shape index (κ1) is 11.2. The number of aromatic hydroxyl groups is 1. The van der Waals surface area contributed by atoms with Crippen molar-refractivity contribution in [3.05, 3.63) is 46.2 Å². The molecule has 0 spiro atoms. The molecule has 5 heteroatoms.